The van der Waals surface area contributed by atoms with Crippen LogP contribution in [0.2, 0.25) is 5.02 Å². The molecule has 0 fully saturated rings. The molecule has 26 heavy (non-hydrogen) atoms. The molecule has 0 spiro atoms. The fourth-order valence-corrected chi connectivity index (χ4v) is 4.44. The van der Waals surface area contributed by atoms with Crippen LogP contribution in [0.3, 0.4) is 0 Å². The van der Waals surface area contributed by atoms with Gasteiger partial charge in [0, 0.05) is 41.3 Å². The summed E-state index contributed by atoms with van der Waals surface area (Å²) in [5.41, 5.74) is 1.86. The van der Waals surface area contributed by atoms with Crippen LogP contribution in [-0.2, 0) is 16.4 Å². The van der Waals surface area contributed by atoms with E-state index in [0.29, 0.717) is 12.8 Å². The number of halogens is 2. The largest absolute Gasteiger partial charge is 0.265 e. The topological polar surface area (TPSA) is 72.0 Å². The molecule has 1 aromatic carbocycles. The molecular formula is C17H15ClFN3O2S2. The van der Waals surface area contributed by atoms with Crippen LogP contribution >= 0.6 is 22.9 Å². The van der Waals surface area contributed by atoms with Gasteiger partial charge in [-0.2, -0.15) is 0 Å². The number of thiazole rings is 1. The van der Waals surface area contributed by atoms with Gasteiger partial charge in [-0.05, 0) is 36.8 Å². The third-order valence-electron chi connectivity index (χ3n) is 3.57. The molecule has 2 aromatic heterocycles. The minimum Gasteiger partial charge on any atom is -0.265 e. The Hall–Kier alpha value is -1.87. The number of pyridine rings is 1. The Kier molecular flexibility index (Phi) is 5.98. The van der Waals surface area contributed by atoms with Gasteiger partial charge in [0.2, 0.25) is 10.0 Å². The standard InChI is InChI=1S/C17H15ClFN3O2S2/c18-13-3-4-16(14(19)10-13)26(23,24)21-7-1-2-17-22-15(11-25-17)12-5-8-20-9-6-12/h3-6,8-11,21H,1-2,7H2. The maximum atomic E-state index is 13.8. The monoisotopic (exact) mass is 411 g/mol. The Morgan fingerprint density at radius 3 is 2.69 bits per heavy atom. The minimum absolute atomic E-state index is 0.148. The molecule has 0 unspecified atom stereocenters. The number of benzene rings is 1. The van der Waals surface area contributed by atoms with Gasteiger partial charge < -0.3 is 0 Å². The van der Waals surface area contributed by atoms with Crippen LogP contribution in [0.25, 0.3) is 11.3 Å². The number of sulfonamides is 1. The highest BCUT2D eigenvalue weighted by molar-refractivity contribution is 7.89. The normalized spacial score (nSPS) is 11.6. The number of hydrogen-bond acceptors (Lipinski definition) is 5. The third-order valence-corrected chi connectivity index (χ3v) is 6.21. The number of hydrogen-bond donors (Lipinski definition) is 1. The summed E-state index contributed by atoms with van der Waals surface area (Å²) in [6.45, 7) is 0.189. The molecule has 0 aliphatic carbocycles. The van der Waals surface area contributed by atoms with Crippen LogP contribution in [0, 0.1) is 5.82 Å². The molecule has 0 aliphatic heterocycles. The van der Waals surface area contributed by atoms with Crippen LogP contribution in [0.5, 0.6) is 0 Å². The zero-order valence-electron chi connectivity index (χ0n) is 13.5. The van der Waals surface area contributed by atoms with E-state index in [4.69, 9.17) is 11.6 Å². The van der Waals surface area contributed by atoms with Crippen molar-refractivity contribution in [2.45, 2.75) is 17.7 Å². The summed E-state index contributed by atoms with van der Waals surface area (Å²) < 4.78 is 40.5. The quantitative estimate of drug-likeness (QED) is 0.598. The Balaban J connectivity index is 1.55. The predicted octanol–water partition coefficient (Wildman–Crippen LogP) is 3.91. The number of nitrogens with zero attached hydrogens (tertiary/aromatic N) is 2. The smallest absolute Gasteiger partial charge is 0.243 e. The summed E-state index contributed by atoms with van der Waals surface area (Å²) in [5, 5.41) is 3.02. The first-order valence-electron chi connectivity index (χ1n) is 7.75. The van der Waals surface area contributed by atoms with E-state index in [1.807, 2.05) is 17.5 Å². The van der Waals surface area contributed by atoms with Gasteiger partial charge in [0.15, 0.2) is 0 Å². The Morgan fingerprint density at radius 2 is 1.96 bits per heavy atom. The highest BCUT2D eigenvalue weighted by Crippen LogP contribution is 2.22. The third kappa shape index (κ3) is 4.64. The molecule has 0 bridgehead atoms. The van der Waals surface area contributed by atoms with Gasteiger partial charge in [0.25, 0.3) is 0 Å². The maximum Gasteiger partial charge on any atom is 0.243 e. The molecule has 1 N–H and O–H groups in total. The number of aromatic nitrogens is 2. The van der Waals surface area contributed by atoms with E-state index in [1.165, 1.54) is 17.4 Å². The van der Waals surface area contributed by atoms with Gasteiger partial charge in [0.05, 0.1) is 10.7 Å². The second-order valence-corrected chi connectivity index (χ2v) is 8.55. The summed E-state index contributed by atoms with van der Waals surface area (Å²) in [5.74, 6) is -0.869. The van der Waals surface area contributed by atoms with E-state index in [-0.39, 0.29) is 11.6 Å². The zero-order chi connectivity index (χ0) is 18.6. The molecule has 0 amide bonds. The van der Waals surface area contributed by atoms with Crippen LogP contribution in [-0.4, -0.2) is 24.9 Å². The van der Waals surface area contributed by atoms with Gasteiger partial charge in [-0.15, -0.1) is 11.3 Å². The molecule has 136 valence electrons. The average Bonchev–Trinajstić information content (AvgIpc) is 3.08. The molecule has 5 nitrogen and oxygen atoms in total. The van der Waals surface area contributed by atoms with Crippen LogP contribution in [0.15, 0.2) is 53.0 Å². The first kappa shape index (κ1) is 18.9. The first-order valence-corrected chi connectivity index (χ1v) is 10.5. The highest BCUT2D eigenvalue weighted by atomic mass is 35.5. The molecule has 9 heteroatoms. The molecule has 0 radical (unpaired) electrons. The van der Waals surface area contributed by atoms with Gasteiger partial charge >= 0.3 is 0 Å². The first-order chi connectivity index (χ1) is 12.5. The van der Waals surface area contributed by atoms with Crippen molar-refractivity contribution in [3.8, 4) is 11.3 Å². The summed E-state index contributed by atoms with van der Waals surface area (Å²) in [4.78, 5) is 8.10. The Bertz CT molecular complexity index is 994. The predicted molar refractivity (Wildman–Crippen MR) is 100 cm³/mol. The van der Waals surface area contributed by atoms with Gasteiger partial charge in [0.1, 0.15) is 10.7 Å². The lowest BCUT2D eigenvalue weighted by Gasteiger charge is -2.07. The van der Waals surface area contributed by atoms with Gasteiger partial charge in [-0.1, -0.05) is 11.6 Å². The number of rotatable bonds is 7. The molecule has 0 saturated carbocycles. The van der Waals surface area contributed by atoms with Gasteiger partial charge in [-0.25, -0.2) is 22.5 Å². The summed E-state index contributed by atoms with van der Waals surface area (Å²) in [6.07, 6.45) is 4.59. The second kappa shape index (κ2) is 8.22. The molecule has 0 saturated heterocycles. The van der Waals surface area contributed by atoms with Crippen molar-refractivity contribution in [3.05, 3.63) is 64.0 Å². The van der Waals surface area contributed by atoms with E-state index < -0.39 is 20.7 Å². The molecular weight excluding hydrogens is 397 g/mol. The maximum absolute atomic E-state index is 13.8. The van der Waals surface area contributed by atoms with E-state index in [2.05, 4.69) is 14.7 Å². The van der Waals surface area contributed by atoms with E-state index >= 15 is 0 Å². The van der Waals surface area contributed by atoms with Crippen molar-refractivity contribution in [3.63, 3.8) is 0 Å². The lowest BCUT2D eigenvalue weighted by atomic mass is 10.2. The SMILES string of the molecule is O=S(=O)(NCCCc1nc(-c2ccncc2)cs1)c1ccc(Cl)cc1F. The van der Waals surface area contributed by atoms with E-state index in [9.17, 15) is 12.8 Å². The van der Waals surface area contributed by atoms with Crippen LogP contribution < -0.4 is 4.72 Å². The Morgan fingerprint density at radius 1 is 1.19 bits per heavy atom. The summed E-state index contributed by atoms with van der Waals surface area (Å²) in [6, 6.07) is 7.24. The van der Waals surface area contributed by atoms with Crippen molar-refractivity contribution in [1.82, 2.24) is 14.7 Å². The van der Waals surface area contributed by atoms with Crippen LogP contribution in [0.1, 0.15) is 11.4 Å². The number of nitrogens with one attached hydrogen (secondary N) is 1. The van der Waals surface area contributed by atoms with E-state index in [1.54, 1.807) is 12.4 Å². The summed E-state index contributed by atoms with van der Waals surface area (Å²) in [7, 11) is -3.91. The fraction of sp³-hybridized carbons (Fsp3) is 0.176. The lowest BCUT2D eigenvalue weighted by Crippen LogP contribution is -2.26. The molecule has 3 aromatic rings. The van der Waals surface area contributed by atoms with Crippen molar-refractivity contribution in [1.29, 1.82) is 0 Å². The lowest BCUT2D eigenvalue weighted by molar-refractivity contribution is 0.555. The average molecular weight is 412 g/mol. The Labute approximate surface area is 159 Å². The summed E-state index contributed by atoms with van der Waals surface area (Å²) >= 11 is 7.16. The van der Waals surface area contributed by atoms with Crippen molar-refractivity contribution in [2.24, 2.45) is 0 Å². The zero-order valence-corrected chi connectivity index (χ0v) is 15.9. The number of aryl methyl sites for hydroxylation is 1. The van der Waals surface area contributed by atoms with Crippen LogP contribution in [0.4, 0.5) is 4.39 Å². The van der Waals surface area contributed by atoms with Crippen molar-refractivity contribution >= 4 is 33.0 Å². The molecule has 0 aliphatic rings. The minimum atomic E-state index is -3.91. The molecule has 0 atom stereocenters. The fourth-order valence-electron chi connectivity index (χ4n) is 2.30. The molecule has 2 heterocycles. The van der Waals surface area contributed by atoms with E-state index in [0.717, 1.165) is 28.4 Å². The van der Waals surface area contributed by atoms with Gasteiger partial charge in [-0.3, -0.25) is 4.98 Å². The highest BCUT2D eigenvalue weighted by Gasteiger charge is 2.18. The second-order valence-electron chi connectivity index (χ2n) is 5.44. The van der Waals surface area contributed by atoms with Crippen molar-refractivity contribution < 1.29 is 12.8 Å². The van der Waals surface area contributed by atoms with Crippen molar-refractivity contribution in [2.75, 3.05) is 6.54 Å². The molecule has 3 rings (SSSR count).